The van der Waals surface area contributed by atoms with Gasteiger partial charge in [-0.15, -0.1) is 0 Å². The van der Waals surface area contributed by atoms with E-state index in [-0.39, 0.29) is 17.9 Å². The maximum atomic E-state index is 12.5. The summed E-state index contributed by atoms with van der Waals surface area (Å²) in [7, 11) is 0. The predicted molar refractivity (Wildman–Crippen MR) is 86.9 cm³/mol. The molecule has 0 aromatic carbocycles. The fraction of sp³-hybridized carbons (Fsp3) is 0.588. The lowest BCUT2D eigenvalue weighted by Crippen LogP contribution is -2.46. The van der Waals surface area contributed by atoms with Crippen molar-refractivity contribution in [2.75, 3.05) is 26.2 Å². The number of hydrogen-bond donors (Lipinski definition) is 2. The number of aromatic nitrogens is 1. The molecule has 2 aliphatic rings. The van der Waals surface area contributed by atoms with Crippen molar-refractivity contribution in [1.82, 2.24) is 20.5 Å². The maximum absolute atomic E-state index is 12.5. The van der Waals surface area contributed by atoms with Crippen molar-refractivity contribution in [3.05, 3.63) is 30.1 Å². The van der Waals surface area contributed by atoms with E-state index in [1.807, 2.05) is 4.90 Å². The average Bonchev–Trinajstić information content (AvgIpc) is 3.15. The van der Waals surface area contributed by atoms with E-state index in [0.29, 0.717) is 24.6 Å². The second kappa shape index (κ2) is 7.55. The summed E-state index contributed by atoms with van der Waals surface area (Å²) in [6.07, 6.45) is 7.29. The smallest absolute Gasteiger partial charge is 0.255 e. The van der Waals surface area contributed by atoms with E-state index in [2.05, 4.69) is 15.6 Å². The fourth-order valence-electron chi connectivity index (χ4n) is 3.36. The van der Waals surface area contributed by atoms with Crippen LogP contribution in [0.3, 0.4) is 0 Å². The molecule has 3 heterocycles. The number of rotatable bonds is 4. The molecular formula is C17H24N4O2. The first-order valence-corrected chi connectivity index (χ1v) is 8.44. The van der Waals surface area contributed by atoms with Gasteiger partial charge >= 0.3 is 0 Å². The number of likely N-dealkylation sites (tertiary alicyclic amines) is 1. The molecule has 3 rings (SSSR count). The van der Waals surface area contributed by atoms with Gasteiger partial charge in [0.05, 0.1) is 11.6 Å². The van der Waals surface area contributed by atoms with Crippen molar-refractivity contribution >= 4 is 11.8 Å². The zero-order valence-electron chi connectivity index (χ0n) is 13.3. The highest BCUT2D eigenvalue weighted by molar-refractivity contribution is 5.93. The van der Waals surface area contributed by atoms with Gasteiger partial charge in [-0.1, -0.05) is 0 Å². The Bertz CT molecular complexity index is 543. The zero-order chi connectivity index (χ0) is 16.1. The number of carbonyl (C=O) groups excluding carboxylic acids is 2. The molecule has 6 nitrogen and oxygen atoms in total. The Morgan fingerprint density at radius 3 is 3.00 bits per heavy atom. The molecule has 2 unspecified atom stereocenters. The molecule has 2 aliphatic heterocycles. The van der Waals surface area contributed by atoms with Crippen LogP contribution in [-0.4, -0.2) is 53.9 Å². The van der Waals surface area contributed by atoms with Crippen LogP contribution in [0.15, 0.2) is 24.5 Å². The molecule has 2 amide bonds. The van der Waals surface area contributed by atoms with Crippen molar-refractivity contribution in [1.29, 1.82) is 0 Å². The van der Waals surface area contributed by atoms with Crippen LogP contribution in [0.5, 0.6) is 0 Å². The Balaban J connectivity index is 1.50. The lowest BCUT2D eigenvalue weighted by molar-refractivity contribution is -0.123. The summed E-state index contributed by atoms with van der Waals surface area (Å²) >= 11 is 0. The summed E-state index contributed by atoms with van der Waals surface area (Å²) in [5, 5.41) is 6.25. The highest BCUT2D eigenvalue weighted by atomic mass is 16.2. The van der Waals surface area contributed by atoms with Gasteiger partial charge in [-0.25, -0.2) is 0 Å². The molecule has 0 radical (unpaired) electrons. The number of pyridine rings is 1. The quantitative estimate of drug-likeness (QED) is 0.862. The maximum Gasteiger partial charge on any atom is 0.255 e. The van der Waals surface area contributed by atoms with Crippen LogP contribution < -0.4 is 10.6 Å². The van der Waals surface area contributed by atoms with Crippen LogP contribution >= 0.6 is 0 Å². The molecule has 0 spiro atoms. The van der Waals surface area contributed by atoms with Gasteiger partial charge in [0.15, 0.2) is 0 Å². The first-order valence-electron chi connectivity index (χ1n) is 8.44. The Morgan fingerprint density at radius 1 is 1.35 bits per heavy atom. The molecule has 6 heteroatoms. The van der Waals surface area contributed by atoms with Crippen LogP contribution in [0, 0.1) is 5.92 Å². The summed E-state index contributed by atoms with van der Waals surface area (Å²) in [6.45, 7) is 3.05. The van der Waals surface area contributed by atoms with Gasteiger partial charge in [-0.2, -0.15) is 0 Å². The molecule has 0 bridgehead atoms. The number of hydrogen-bond acceptors (Lipinski definition) is 4. The second-order valence-corrected chi connectivity index (χ2v) is 6.40. The van der Waals surface area contributed by atoms with Gasteiger partial charge in [0.2, 0.25) is 5.91 Å². The van der Waals surface area contributed by atoms with E-state index in [9.17, 15) is 9.59 Å². The standard InChI is InChI=1S/C17H24N4O2/c22-16(15-6-2-8-19-15)20-10-13-4-3-9-21(12-13)17(23)14-5-1-7-18-11-14/h1,5,7,11,13,15,19H,2-4,6,8-10,12H2,(H,20,22). The lowest BCUT2D eigenvalue weighted by Gasteiger charge is -2.33. The Labute approximate surface area is 136 Å². The number of piperidine rings is 1. The molecule has 1 aromatic heterocycles. The number of amides is 2. The summed E-state index contributed by atoms with van der Waals surface area (Å²) in [5.41, 5.74) is 0.632. The van der Waals surface area contributed by atoms with Gasteiger partial charge in [-0.05, 0) is 50.3 Å². The van der Waals surface area contributed by atoms with E-state index in [4.69, 9.17) is 0 Å². The Morgan fingerprint density at radius 2 is 2.26 bits per heavy atom. The van der Waals surface area contributed by atoms with Crippen LogP contribution in [0.1, 0.15) is 36.0 Å². The SMILES string of the molecule is O=C(NCC1CCCN(C(=O)c2cccnc2)C1)C1CCCN1. The van der Waals surface area contributed by atoms with Gasteiger partial charge < -0.3 is 15.5 Å². The first kappa shape index (κ1) is 15.9. The first-order chi connectivity index (χ1) is 11.2. The van der Waals surface area contributed by atoms with Crippen LogP contribution in [0.25, 0.3) is 0 Å². The normalized spacial score (nSPS) is 24.4. The topological polar surface area (TPSA) is 74.3 Å². The number of carbonyl (C=O) groups is 2. The Hall–Kier alpha value is -1.95. The third-order valence-electron chi connectivity index (χ3n) is 4.66. The van der Waals surface area contributed by atoms with Crippen molar-refractivity contribution in [2.24, 2.45) is 5.92 Å². The van der Waals surface area contributed by atoms with E-state index in [0.717, 1.165) is 38.8 Å². The molecule has 2 atom stereocenters. The molecular weight excluding hydrogens is 292 g/mol. The average molecular weight is 316 g/mol. The lowest BCUT2D eigenvalue weighted by atomic mass is 9.97. The zero-order valence-corrected chi connectivity index (χ0v) is 13.3. The predicted octanol–water partition coefficient (Wildman–Crippen LogP) is 0.802. The van der Waals surface area contributed by atoms with Crippen LogP contribution in [0.2, 0.25) is 0 Å². The van der Waals surface area contributed by atoms with Gasteiger partial charge in [0.1, 0.15) is 0 Å². The number of nitrogens with zero attached hydrogens (tertiary/aromatic N) is 2. The molecule has 2 saturated heterocycles. The van der Waals surface area contributed by atoms with Gasteiger partial charge in [0, 0.05) is 32.0 Å². The minimum absolute atomic E-state index is 0.0339. The molecule has 0 aliphatic carbocycles. The summed E-state index contributed by atoms with van der Waals surface area (Å²) in [4.78, 5) is 30.4. The largest absolute Gasteiger partial charge is 0.354 e. The summed E-state index contributed by atoms with van der Waals surface area (Å²) in [6, 6.07) is 3.54. The van der Waals surface area contributed by atoms with E-state index < -0.39 is 0 Å². The third kappa shape index (κ3) is 4.07. The highest BCUT2D eigenvalue weighted by Gasteiger charge is 2.26. The molecule has 124 valence electrons. The number of nitrogens with one attached hydrogen (secondary N) is 2. The highest BCUT2D eigenvalue weighted by Crippen LogP contribution is 2.18. The van der Waals surface area contributed by atoms with E-state index in [1.54, 1.807) is 24.5 Å². The van der Waals surface area contributed by atoms with Crippen molar-refractivity contribution < 1.29 is 9.59 Å². The summed E-state index contributed by atoms with van der Waals surface area (Å²) < 4.78 is 0. The van der Waals surface area contributed by atoms with Gasteiger partial charge in [0.25, 0.3) is 5.91 Å². The minimum atomic E-state index is -0.0354. The molecule has 2 fully saturated rings. The molecule has 23 heavy (non-hydrogen) atoms. The second-order valence-electron chi connectivity index (χ2n) is 6.40. The van der Waals surface area contributed by atoms with E-state index >= 15 is 0 Å². The van der Waals surface area contributed by atoms with Gasteiger partial charge in [-0.3, -0.25) is 14.6 Å². The molecule has 2 N–H and O–H groups in total. The molecule has 0 saturated carbocycles. The third-order valence-corrected chi connectivity index (χ3v) is 4.66. The van der Waals surface area contributed by atoms with Crippen molar-refractivity contribution in [3.8, 4) is 0 Å². The summed E-state index contributed by atoms with van der Waals surface area (Å²) in [5.74, 6) is 0.458. The molecule has 1 aromatic rings. The van der Waals surface area contributed by atoms with Crippen molar-refractivity contribution in [2.45, 2.75) is 31.7 Å². The van der Waals surface area contributed by atoms with Crippen LogP contribution in [0.4, 0.5) is 0 Å². The fourth-order valence-corrected chi connectivity index (χ4v) is 3.36. The minimum Gasteiger partial charge on any atom is -0.354 e. The van der Waals surface area contributed by atoms with Crippen molar-refractivity contribution in [3.63, 3.8) is 0 Å². The van der Waals surface area contributed by atoms with Crippen LogP contribution in [-0.2, 0) is 4.79 Å². The van der Waals surface area contributed by atoms with E-state index in [1.165, 1.54) is 0 Å². The Kier molecular flexibility index (Phi) is 5.23. The monoisotopic (exact) mass is 316 g/mol.